The van der Waals surface area contributed by atoms with Crippen molar-refractivity contribution in [2.24, 2.45) is 0 Å². The number of hydrogen-bond acceptors (Lipinski definition) is 4. The van der Waals surface area contributed by atoms with Crippen LogP contribution in [0.1, 0.15) is 5.56 Å². The first-order chi connectivity index (χ1) is 6.70. The Morgan fingerprint density at radius 2 is 2.14 bits per heavy atom. The van der Waals surface area contributed by atoms with Crippen molar-refractivity contribution in [3.05, 3.63) is 23.9 Å². The molecule has 0 bridgehead atoms. The van der Waals surface area contributed by atoms with E-state index in [2.05, 4.69) is 15.2 Å². The van der Waals surface area contributed by atoms with Crippen LogP contribution in [0.4, 0.5) is 11.6 Å². The summed E-state index contributed by atoms with van der Waals surface area (Å²) in [5, 5.41) is 6.45. The van der Waals surface area contributed by atoms with Gasteiger partial charge >= 0.3 is 0 Å². The second-order valence-electron chi connectivity index (χ2n) is 3.07. The number of nitrogen functional groups attached to an aromatic ring is 2. The number of nitrogens with two attached hydrogens (primary N) is 2. The van der Waals surface area contributed by atoms with Crippen molar-refractivity contribution >= 4 is 11.6 Å². The highest BCUT2D eigenvalue weighted by atomic mass is 15.2. The molecule has 2 aromatic heterocycles. The van der Waals surface area contributed by atoms with E-state index in [9.17, 15) is 0 Å². The van der Waals surface area contributed by atoms with Gasteiger partial charge in [-0.15, -0.1) is 0 Å². The predicted molar refractivity (Wildman–Crippen MR) is 55.4 cm³/mol. The third kappa shape index (κ3) is 1.19. The zero-order chi connectivity index (χ0) is 10.1. The van der Waals surface area contributed by atoms with Crippen molar-refractivity contribution < 1.29 is 0 Å². The van der Waals surface area contributed by atoms with Crippen molar-refractivity contribution in [2.75, 3.05) is 11.5 Å². The summed E-state index contributed by atoms with van der Waals surface area (Å²) in [5.74, 6) is 0.827. The monoisotopic (exact) mass is 189 g/mol. The van der Waals surface area contributed by atoms with Crippen LogP contribution >= 0.6 is 0 Å². The minimum absolute atomic E-state index is 0.379. The van der Waals surface area contributed by atoms with E-state index in [1.807, 2.05) is 19.1 Å². The van der Waals surface area contributed by atoms with E-state index >= 15 is 0 Å². The van der Waals surface area contributed by atoms with Crippen LogP contribution in [0.15, 0.2) is 18.3 Å². The average Bonchev–Trinajstić information content (AvgIpc) is 2.48. The molecule has 14 heavy (non-hydrogen) atoms. The van der Waals surface area contributed by atoms with Crippen LogP contribution in [-0.4, -0.2) is 15.2 Å². The maximum atomic E-state index is 5.70. The number of H-pyrrole nitrogens is 1. The summed E-state index contributed by atoms with van der Waals surface area (Å²) in [4.78, 5) is 4.22. The van der Waals surface area contributed by atoms with Gasteiger partial charge in [0.25, 0.3) is 0 Å². The minimum Gasteiger partial charge on any atom is -0.383 e. The largest absolute Gasteiger partial charge is 0.383 e. The van der Waals surface area contributed by atoms with Crippen molar-refractivity contribution in [3.8, 4) is 11.3 Å². The summed E-state index contributed by atoms with van der Waals surface area (Å²) in [6.07, 6.45) is 1.70. The molecule has 0 aliphatic heterocycles. The van der Waals surface area contributed by atoms with Crippen LogP contribution in [-0.2, 0) is 0 Å². The molecule has 5 heteroatoms. The van der Waals surface area contributed by atoms with Gasteiger partial charge in [0.15, 0.2) is 5.82 Å². The van der Waals surface area contributed by atoms with Gasteiger partial charge in [-0.1, -0.05) is 6.07 Å². The van der Waals surface area contributed by atoms with Crippen molar-refractivity contribution in [1.29, 1.82) is 0 Å². The van der Waals surface area contributed by atoms with Gasteiger partial charge in [-0.25, -0.2) is 0 Å². The SMILES string of the molecule is Cc1cccnc1-c1c(N)n[nH]c1N. The Kier molecular flexibility index (Phi) is 1.85. The molecule has 5 N–H and O–H groups in total. The molecule has 72 valence electrons. The number of nitrogens with one attached hydrogen (secondary N) is 1. The first kappa shape index (κ1) is 8.55. The first-order valence-electron chi connectivity index (χ1n) is 4.21. The quantitative estimate of drug-likeness (QED) is 0.622. The van der Waals surface area contributed by atoms with Crippen LogP contribution < -0.4 is 11.5 Å². The molecule has 0 atom stereocenters. The molecule has 5 nitrogen and oxygen atoms in total. The molecule has 0 amide bonds. The Morgan fingerprint density at radius 3 is 2.71 bits per heavy atom. The fourth-order valence-electron chi connectivity index (χ4n) is 1.37. The number of aromatic nitrogens is 3. The lowest BCUT2D eigenvalue weighted by molar-refractivity contribution is 1.11. The van der Waals surface area contributed by atoms with Crippen molar-refractivity contribution in [1.82, 2.24) is 15.2 Å². The smallest absolute Gasteiger partial charge is 0.156 e. The number of hydrogen-bond donors (Lipinski definition) is 3. The molecule has 0 saturated heterocycles. The Hall–Kier alpha value is -2.04. The molecule has 2 aromatic rings. The van der Waals surface area contributed by atoms with E-state index in [0.717, 1.165) is 11.3 Å². The van der Waals surface area contributed by atoms with Crippen LogP contribution in [0, 0.1) is 6.92 Å². The summed E-state index contributed by atoms with van der Waals surface area (Å²) >= 11 is 0. The van der Waals surface area contributed by atoms with Crippen molar-refractivity contribution in [3.63, 3.8) is 0 Å². The lowest BCUT2D eigenvalue weighted by Gasteiger charge is -2.02. The Balaban J connectivity index is 2.66. The van der Waals surface area contributed by atoms with Crippen molar-refractivity contribution in [2.45, 2.75) is 6.92 Å². The van der Waals surface area contributed by atoms with Gasteiger partial charge in [-0.05, 0) is 18.6 Å². The molecule has 0 saturated carbocycles. The van der Waals surface area contributed by atoms with Crippen LogP contribution in [0.3, 0.4) is 0 Å². The van der Waals surface area contributed by atoms with Crippen LogP contribution in [0.5, 0.6) is 0 Å². The third-order valence-corrected chi connectivity index (χ3v) is 2.07. The molecule has 2 rings (SSSR count). The van der Waals surface area contributed by atoms with E-state index in [0.29, 0.717) is 17.2 Å². The minimum atomic E-state index is 0.379. The summed E-state index contributed by atoms with van der Waals surface area (Å²) in [5.41, 5.74) is 13.9. The lowest BCUT2D eigenvalue weighted by Crippen LogP contribution is -1.94. The van der Waals surface area contributed by atoms with Gasteiger partial charge in [0.1, 0.15) is 5.82 Å². The molecule has 0 aliphatic rings. The maximum absolute atomic E-state index is 5.70. The van der Waals surface area contributed by atoms with E-state index in [4.69, 9.17) is 11.5 Å². The Bertz CT molecular complexity index is 440. The molecule has 0 unspecified atom stereocenters. The molecule has 0 fully saturated rings. The molecule has 0 spiro atoms. The standard InChI is InChI=1S/C9H11N5/c1-5-3-2-4-12-7(5)6-8(10)13-14-9(6)11/h2-4H,1H3,(H5,10,11,13,14). The highest BCUT2D eigenvalue weighted by Gasteiger charge is 2.13. The topological polar surface area (TPSA) is 93.6 Å². The number of aromatic amines is 1. The Morgan fingerprint density at radius 1 is 1.36 bits per heavy atom. The summed E-state index contributed by atoms with van der Waals surface area (Å²) in [7, 11) is 0. The molecular weight excluding hydrogens is 178 g/mol. The fourth-order valence-corrected chi connectivity index (χ4v) is 1.37. The van der Waals surface area contributed by atoms with Gasteiger partial charge in [-0.2, -0.15) is 5.10 Å². The molecule has 0 radical (unpaired) electrons. The zero-order valence-electron chi connectivity index (χ0n) is 7.78. The second-order valence-corrected chi connectivity index (χ2v) is 3.07. The number of rotatable bonds is 1. The zero-order valence-corrected chi connectivity index (χ0v) is 7.78. The van der Waals surface area contributed by atoms with E-state index < -0.39 is 0 Å². The highest BCUT2D eigenvalue weighted by Crippen LogP contribution is 2.29. The number of pyridine rings is 1. The van der Waals surface area contributed by atoms with E-state index in [1.54, 1.807) is 6.20 Å². The van der Waals surface area contributed by atoms with Crippen LogP contribution in [0.2, 0.25) is 0 Å². The van der Waals surface area contributed by atoms with Gasteiger partial charge < -0.3 is 11.5 Å². The Labute approximate surface area is 81.2 Å². The third-order valence-electron chi connectivity index (χ3n) is 2.07. The number of anilines is 2. The van der Waals surface area contributed by atoms with Gasteiger partial charge in [-0.3, -0.25) is 10.1 Å². The molecular formula is C9H11N5. The maximum Gasteiger partial charge on any atom is 0.156 e. The number of nitrogens with zero attached hydrogens (tertiary/aromatic N) is 2. The normalized spacial score (nSPS) is 10.4. The predicted octanol–water partition coefficient (Wildman–Crippen LogP) is 0.945. The molecule has 2 heterocycles. The summed E-state index contributed by atoms with van der Waals surface area (Å²) < 4.78 is 0. The summed E-state index contributed by atoms with van der Waals surface area (Å²) in [6.45, 7) is 1.95. The average molecular weight is 189 g/mol. The molecule has 0 aliphatic carbocycles. The number of aryl methyl sites for hydroxylation is 1. The van der Waals surface area contributed by atoms with E-state index in [-0.39, 0.29) is 0 Å². The molecule has 0 aromatic carbocycles. The lowest BCUT2D eigenvalue weighted by atomic mass is 10.1. The first-order valence-corrected chi connectivity index (χ1v) is 4.21. The van der Waals surface area contributed by atoms with Gasteiger partial charge in [0.2, 0.25) is 0 Å². The second kappa shape index (κ2) is 3.02. The summed E-state index contributed by atoms with van der Waals surface area (Å²) in [6, 6.07) is 3.82. The fraction of sp³-hybridized carbons (Fsp3) is 0.111. The van der Waals surface area contributed by atoms with Gasteiger partial charge in [0.05, 0.1) is 11.3 Å². The van der Waals surface area contributed by atoms with Crippen LogP contribution in [0.25, 0.3) is 11.3 Å². The van der Waals surface area contributed by atoms with Gasteiger partial charge in [0, 0.05) is 6.20 Å². The highest BCUT2D eigenvalue weighted by molar-refractivity contribution is 5.82. The van der Waals surface area contributed by atoms with E-state index in [1.165, 1.54) is 0 Å².